The van der Waals surface area contributed by atoms with Gasteiger partial charge < -0.3 is 15.2 Å². The van der Waals surface area contributed by atoms with Crippen molar-refractivity contribution in [3.8, 4) is 0 Å². The van der Waals surface area contributed by atoms with Gasteiger partial charge in [-0.3, -0.25) is 4.79 Å². The van der Waals surface area contributed by atoms with Crippen LogP contribution in [0.1, 0.15) is 10.5 Å². The van der Waals surface area contributed by atoms with Gasteiger partial charge in [-0.1, -0.05) is 0 Å². The molecule has 1 amide bonds. The average Bonchev–Trinajstić information content (AvgIpc) is 2.48. The van der Waals surface area contributed by atoms with Crippen LogP contribution in [0, 0.1) is 5.92 Å². The van der Waals surface area contributed by atoms with E-state index < -0.39 is 0 Å². The fraction of sp³-hybridized carbons (Fsp3) is 0.500. The SMILES string of the molecule is Cn1cccc1C(=O)NCC1CNC1. The van der Waals surface area contributed by atoms with E-state index in [1.54, 1.807) is 0 Å². The molecule has 0 aromatic carbocycles. The first kappa shape index (κ1) is 9.27. The minimum absolute atomic E-state index is 0.0180. The maximum absolute atomic E-state index is 11.6. The van der Waals surface area contributed by atoms with Crippen molar-refractivity contribution in [3.05, 3.63) is 24.0 Å². The number of rotatable bonds is 3. The van der Waals surface area contributed by atoms with Crippen LogP contribution in [0.2, 0.25) is 0 Å². The predicted octanol–water partition coefficient (Wildman–Crippen LogP) is -0.0257. The summed E-state index contributed by atoms with van der Waals surface area (Å²) in [6.07, 6.45) is 1.87. The minimum Gasteiger partial charge on any atom is -0.350 e. The number of hydrogen-bond acceptors (Lipinski definition) is 2. The molecule has 2 rings (SSSR count). The van der Waals surface area contributed by atoms with Crippen LogP contribution in [0.15, 0.2) is 18.3 Å². The van der Waals surface area contributed by atoms with Crippen LogP contribution in [0.4, 0.5) is 0 Å². The Hall–Kier alpha value is -1.29. The van der Waals surface area contributed by atoms with Crippen molar-refractivity contribution < 1.29 is 4.79 Å². The van der Waals surface area contributed by atoms with Crippen molar-refractivity contribution in [1.29, 1.82) is 0 Å². The number of nitrogens with one attached hydrogen (secondary N) is 2. The average molecular weight is 193 g/mol. The Balaban J connectivity index is 1.86. The quantitative estimate of drug-likeness (QED) is 0.708. The van der Waals surface area contributed by atoms with E-state index in [2.05, 4.69) is 10.6 Å². The molecule has 0 spiro atoms. The van der Waals surface area contributed by atoms with Crippen molar-refractivity contribution in [1.82, 2.24) is 15.2 Å². The predicted molar refractivity (Wildman–Crippen MR) is 54.1 cm³/mol. The summed E-state index contributed by atoms with van der Waals surface area (Å²) in [5.41, 5.74) is 0.720. The van der Waals surface area contributed by atoms with Crippen molar-refractivity contribution in [2.24, 2.45) is 13.0 Å². The number of hydrogen-bond donors (Lipinski definition) is 2. The number of nitrogens with zero attached hydrogens (tertiary/aromatic N) is 1. The number of amides is 1. The number of aromatic nitrogens is 1. The molecule has 0 bridgehead atoms. The molecule has 4 heteroatoms. The molecule has 0 radical (unpaired) electrons. The number of aryl methyl sites for hydroxylation is 1. The molecule has 1 fully saturated rings. The number of carbonyl (C=O) groups is 1. The Labute approximate surface area is 83.3 Å². The monoisotopic (exact) mass is 193 g/mol. The van der Waals surface area contributed by atoms with Crippen LogP contribution in [0.3, 0.4) is 0 Å². The van der Waals surface area contributed by atoms with Crippen LogP contribution in [0.25, 0.3) is 0 Å². The molecule has 14 heavy (non-hydrogen) atoms. The van der Waals surface area contributed by atoms with E-state index in [4.69, 9.17) is 0 Å². The Morgan fingerprint density at radius 3 is 3.00 bits per heavy atom. The first-order valence-corrected chi connectivity index (χ1v) is 4.87. The third-order valence-electron chi connectivity index (χ3n) is 2.59. The molecule has 1 saturated heterocycles. The molecule has 1 aromatic heterocycles. The van der Waals surface area contributed by atoms with Gasteiger partial charge in [-0.15, -0.1) is 0 Å². The zero-order valence-corrected chi connectivity index (χ0v) is 8.29. The van der Waals surface area contributed by atoms with Crippen LogP contribution in [-0.4, -0.2) is 30.1 Å². The molecule has 1 aliphatic rings. The highest BCUT2D eigenvalue weighted by atomic mass is 16.1. The van der Waals surface area contributed by atoms with Gasteiger partial charge in [-0.25, -0.2) is 0 Å². The molecule has 2 N–H and O–H groups in total. The Morgan fingerprint density at radius 1 is 1.71 bits per heavy atom. The van der Waals surface area contributed by atoms with Gasteiger partial charge in [0.1, 0.15) is 5.69 Å². The second-order valence-corrected chi connectivity index (χ2v) is 3.74. The lowest BCUT2D eigenvalue weighted by atomic mass is 10.0. The van der Waals surface area contributed by atoms with Crippen molar-refractivity contribution in [2.45, 2.75) is 0 Å². The van der Waals surface area contributed by atoms with Crippen LogP contribution >= 0.6 is 0 Å². The summed E-state index contributed by atoms with van der Waals surface area (Å²) in [4.78, 5) is 11.6. The highest BCUT2D eigenvalue weighted by molar-refractivity contribution is 5.92. The fourth-order valence-electron chi connectivity index (χ4n) is 1.52. The van der Waals surface area contributed by atoms with Gasteiger partial charge in [0.15, 0.2) is 0 Å². The second-order valence-electron chi connectivity index (χ2n) is 3.74. The third-order valence-corrected chi connectivity index (χ3v) is 2.59. The first-order chi connectivity index (χ1) is 6.77. The maximum Gasteiger partial charge on any atom is 0.267 e. The normalized spacial score (nSPS) is 16.4. The Kier molecular flexibility index (Phi) is 2.54. The molecular formula is C10H15N3O. The van der Waals surface area contributed by atoms with E-state index in [9.17, 15) is 4.79 Å². The third kappa shape index (κ3) is 1.80. The van der Waals surface area contributed by atoms with Crippen LogP contribution in [-0.2, 0) is 7.05 Å². The largest absolute Gasteiger partial charge is 0.350 e. The summed E-state index contributed by atoms with van der Waals surface area (Å²) in [6.45, 7) is 2.82. The smallest absolute Gasteiger partial charge is 0.267 e. The van der Waals surface area contributed by atoms with E-state index in [0.29, 0.717) is 5.92 Å². The Morgan fingerprint density at radius 2 is 2.50 bits per heavy atom. The van der Waals surface area contributed by atoms with Crippen LogP contribution < -0.4 is 10.6 Å². The molecule has 0 atom stereocenters. The van der Waals surface area contributed by atoms with Crippen LogP contribution in [0.5, 0.6) is 0 Å². The molecule has 1 aliphatic heterocycles. The van der Waals surface area contributed by atoms with Gasteiger partial charge in [0.05, 0.1) is 0 Å². The number of carbonyl (C=O) groups excluding carboxylic acids is 1. The summed E-state index contributed by atoms with van der Waals surface area (Å²) in [7, 11) is 1.87. The molecule has 4 nitrogen and oxygen atoms in total. The van der Waals surface area contributed by atoms with Crippen molar-refractivity contribution >= 4 is 5.91 Å². The summed E-state index contributed by atoms with van der Waals surface area (Å²) in [5.74, 6) is 0.628. The lowest BCUT2D eigenvalue weighted by Crippen LogP contribution is -2.48. The summed E-state index contributed by atoms with van der Waals surface area (Å²) < 4.78 is 1.83. The van der Waals surface area contributed by atoms with Gasteiger partial charge in [-0.2, -0.15) is 0 Å². The minimum atomic E-state index is 0.0180. The first-order valence-electron chi connectivity index (χ1n) is 4.87. The van der Waals surface area contributed by atoms with E-state index in [1.165, 1.54) is 0 Å². The van der Waals surface area contributed by atoms with E-state index in [-0.39, 0.29) is 5.91 Å². The standard InChI is InChI=1S/C10H15N3O/c1-13-4-2-3-9(13)10(14)12-7-8-5-11-6-8/h2-4,8,11H,5-7H2,1H3,(H,12,14). The molecule has 76 valence electrons. The maximum atomic E-state index is 11.6. The van der Waals surface area contributed by atoms with Crippen molar-refractivity contribution in [3.63, 3.8) is 0 Å². The highest BCUT2D eigenvalue weighted by Crippen LogP contribution is 2.02. The van der Waals surface area contributed by atoms with E-state index in [0.717, 1.165) is 25.3 Å². The Bertz CT molecular complexity index is 328. The zero-order chi connectivity index (χ0) is 9.97. The molecular weight excluding hydrogens is 178 g/mol. The summed E-state index contributed by atoms with van der Waals surface area (Å²) >= 11 is 0. The zero-order valence-electron chi connectivity index (χ0n) is 8.29. The fourth-order valence-corrected chi connectivity index (χ4v) is 1.52. The topological polar surface area (TPSA) is 46.1 Å². The molecule has 2 heterocycles. The lowest BCUT2D eigenvalue weighted by molar-refractivity contribution is 0.0934. The summed E-state index contributed by atoms with van der Waals surface area (Å²) in [6, 6.07) is 3.70. The van der Waals surface area contributed by atoms with Gasteiger partial charge in [0, 0.05) is 38.8 Å². The van der Waals surface area contributed by atoms with Gasteiger partial charge in [0.2, 0.25) is 0 Å². The van der Waals surface area contributed by atoms with Gasteiger partial charge in [0.25, 0.3) is 5.91 Å². The summed E-state index contributed by atoms with van der Waals surface area (Å²) in [5, 5.41) is 6.10. The highest BCUT2D eigenvalue weighted by Gasteiger charge is 2.18. The molecule has 0 saturated carbocycles. The lowest BCUT2D eigenvalue weighted by Gasteiger charge is -2.27. The van der Waals surface area contributed by atoms with E-state index in [1.807, 2.05) is 29.9 Å². The van der Waals surface area contributed by atoms with Gasteiger partial charge >= 0.3 is 0 Å². The molecule has 0 unspecified atom stereocenters. The van der Waals surface area contributed by atoms with Crippen molar-refractivity contribution in [2.75, 3.05) is 19.6 Å². The second kappa shape index (κ2) is 3.84. The molecule has 0 aliphatic carbocycles. The van der Waals surface area contributed by atoms with E-state index >= 15 is 0 Å². The molecule has 1 aromatic rings. The van der Waals surface area contributed by atoms with Gasteiger partial charge in [-0.05, 0) is 12.1 Å².